The minimum absolute atomic E-state index is 1.07. The lowest BCUT2D eigenvalue weighted by molar-refractivity contribution is 1.14. The number of benzene rings is 1. The fourth-order valence-electron chi connectivity index (χ4n) is 1.49. The molecular weight excluding hydrogens is 202 g/mol. The summed E-state index contributed by atoms with van der Waals surface area (Å²) in [6, 6.07) is 8.69. The highest BCUT2D eigenvalue weighted by molar-refractivity contribution is 7.15. The van der Waals surface area contributed by atoms with Crippen LogP contribution >= 0.6 is 11.3 Å². The van der Waals surface area contributed by atoms with Crippen molar-refractivity contribution >= 4 is 11.3 Å². The number of nitrogens with zero attached hydrogens (tertiary/aromatic N) is 1. The average molecular weight is 217 g/mol. The molecule has 0 fully saturated rings. The monoisotopic (exact) mass is 217 g/mol. The first kappa shape index (κ1) is 10.4. The Balaban J connectivity index is 2.28. The van der Waals surface area contributed by atoms with Gasteiger partial charge in [0.1, 0.15) is 5.01 Å². The summed E-state index contributed by atoms with van der Waals surface area (Å²) in [5.41, 5.74) is 2.61. The molecule has 15 heavy (non-hydrogen) atoms. The van der Waals surface area contributed by atoms with Crippen LogP contribution in [0.4, 0.5) is 0 Å². The Bertz CT molecular complexity index is 428. The first-order valence-corrected chi connectivity index (χ1v) is 6.19. The van der Waals surface area contributed by atoms with Gasteiger partial charge in [-0.25, -0.2) is 4.98 Å². The Morgan fingerprint density at radius 1 is 1.07 bits per heavy atom. The van der Waals surface area contributed by atoms with E-state index in [1.165, 1.54) is 16.0 Å². The Morgan fingerprint density at radius 3 is 2.33 bits per heavy atom. The van der Waals surface area contributed by atoms with Crippen molar-refractivity contribution in [1.29, 1.82) is 0 Å². The molecule has 0 spiro atoms. The predicted octanol–water partition coefficient (Wildman–Crippen LogP) is 3.93. The summed E-state index contributed by atoms with van der Waals surface area (Å²) in [6.07, 6.45) is 4.15. The van der Waals surface area contributed by atoms with Crippen LogP contribution in [-0.4, -0.2) is 4.98 Å². The van der Waals surface area contributed by atoms with Crippen LogP contribution in [0.15, 0.2) is 30.5 Å². The van der Waals surface area contributed by atoms with E-state index < -0.39 is 0 Å². The molecule has 1 nitrogen and oxygen atoms in total. The van der Waals surface area contributed by atoms with E-state index in [0.717, 1.165) is 17.8 Å². The standard InChI is InChI=1S/C13H15NS/c1-3-10-5-7-11(8-6-10)13-14-9-12(4-2)15-13/h5-9H,3-4H2,1-2H3. The summed E-state index contributed by atoms with van der Waals surface area (Å²) in [6.45, 7) is 4.34. The zero-order valence-corrected chi connectivity index (χ0v) is 9.97. The minimum atomic E-state index is 1.07. The molecule has 0 aliphatic carbocycles. The molecule has 0 bridgehead atoms. The zero-order valence-electron chi connectivity index (χ0n) is 9.16. The molecule has 0 aliphatic heterocycles. The number of aryl methyl sites for hydroxylation is 2. The summed E-state index contributed by atoms with van der Waals surface area (Å²) in [5.74, 6) is 0. The van der Waals surface area contributed by atoms with Gasteiger partial charge >= 0.3 is 0 Å². The van der Waals surface area contributed by atoms with E-state index in [-0.39, 0.29) is 0 Å². The molecule has 0 saturated carbocycles. The van der Waals surface area contributed by atoms with Crippen molar-refractivity contribution in [2.45, 2.75) is 26.7 Å². The Hall–Kier alpha value is -1.15. The molecule has 0 unspecified atom stereocenters. The van der Waals surface area contributed by atoms with Gasteiger partial charge in [-0.15, -0.1) is 11.3 Å². The summed E-state index contributed by atoms with van der Waals surface area (Å²) in [7, 11) is 0. The minimum Gasteiger partial charge on any atom is -0.244 e. The Kier molecular flexibility index (Phi) is 3.17. The van der Waals surface area contributed by atoms with Crippen LogP contribution in [0.3, 0.4) is 0 Å². The predicted molar refractivity (Wildman–Crippen MR) is 66.3 cm³/mol. The molecule has 2 aromatic rings. The fraction of sp³-hybridized carbons (Fsp3) is 0.308. The topological polar surface area (TPSA) is 12.9 Å². The van der Waals surface area contributed by atoms with Crippen molar-refractivity contribution in [2.75, 3.05) is 0 Å². The number of rotatable bonds is 3. The molecule has 0 N–H and O–H groups in total. The first-order valence-electron chi connectivity index (χ1n) is 5.37. The van der Waals surface area contributed by atoms with Gasteiger partial charge in [-0.1, -0.05) is 38.1 Å². The van der Waals surface area contributed by atoms with Gasteiger partial charge in [-0.2, -0.15) is 0 Å². The second kappa shape index (κ2) is 4.58. The summed E-state index contributed by atoms with van der Waals surface area (Å²) >= 11 is 1.79. The molecule has 78 valence electrons. The van der Waals surface area contributed by atoms with Crippen LogP contribution < -0.4 is 0 Å². The van der Waals surface area contributed by atoms with Crippen molar-refractivity contribution in [3.8, 4) is 10.6 Å². The average Bonchev–Trinajstić information content (AvgIpc) is 2.78. The smallest absolute Gasteiger partial charge is 0.123 e. The molecule has 0 atom stereocenters. The van der Waals surface area contributed by atoms with Crippen LogP contribution in [0.2, 0.25) is 0 Å². The third-order valence-corrected chi connectivity index (χ3v) is 3.70. The lowest BCUT2D eigenvalue weighted by Gasteiger charge is -1.98. The van der Waals surface area contributed by atoms with Gasteiger partial charge in [-0.3, -0.25) is 0 Å². The third-order valence-electron chi connectivity index (χ3n) is 2.51. The van der Waals surface area contributed by atoms with E-state index in [1.54, 1.807) is 11.3 Å². The quantitative estimate of drug-likeness (QED) is 0.759. The molecule has 0 radical (unpaired) electrons. The number of hydrogen-bond acceptors (Lipinski definition) is 2. The van der Waals surface area contributed by atoms with Crippen molar-refractivity contribution in [3.63, 3.8) is 0 Å². The van der Waals surface area contributed by atoms with Gasteiger partial charge in [0, 0.05) is 16.6 Å². The summed E-state index contributed by atoms with van der Waals surface area (Å²) in [4.78, 5) is 5.78. The van der Waals surface area contributed by atoms with Crippen molar-refractivity contribution in [3.05, 3.63) is 40.9 Å². The van der Waals surface area contributed by atoms with Crippen LogP contribution in [-0.2, 0) is 12.8 Å². The van der Waals surface area contributed by atoms with Gasteiger partial charge < -0.3 is 0 Å². The second-order valence-electron chi connectivity index (χ2n) is 3.54. The van der Waals surface area contributed by atoms with Crippen LogP contribution in [0.5, 0.6) is 0 Å². The summed E-state index contributed by atoms with van der Waals surface area (Å²) in [5, 5.41) is 1.13. The third kappa shape index (κ3) is 2.26. The van der Waals surface area contributed by atoms with Crippen LogP contribution in [0, 0.1) is 0 Å². The van der Waals surface area contributed by atoms with Crippen LogP contribution in [0.25, 0.3) is 10.6 Å². The Labute approximate surface area is 94.8 Å². The van der Waals surface area contributed by atoms with Crippen LogP contribution in [0.1, 0.15) is 24.3 Å². The van der Waals surface area contributed by atoms with E-state index in [0.29, 0.717) is 0 Å². The lowest BCUT2D eigenvalue weighted by Crippen LogP contribution is -1.80. The molecule has 2 rings (SSSR count). The van der Waals surface area contributed by atoms with Crippen molar-refractivity contribution in [1.82, 2.24) is 4.98 Å². The molecule has 1 heterocycles. The lowest BCUT2D eigenvalue weighted by atomic mass is 10.1. The van der Waals surface area contributed by atoms with E-state index in [2.05, 4.69) is 43.1 Å². The number of thiazole rings is 1. The molecule has 0 amide bonds. The highest BCUT2D eigenvalue weighted by Gasteiger charge is 2.02. The van der Waals surface area contributed by atoms with E-state index >= 15 is 0 Å². The van der Waals surface area contributed by atoms with E-state index in [9.17, 15) is 0 Å². The molecule has 2 heteroatoms. The van der Waals surface area contributed by atoms with Crippen molar-refractivity contribution < 1.29 is 0 Å². The SMILES string of the molecule is CCc1ccc(-c2ncc(CC)s2)cc1. The molecule has 0 aliphatic rings. The molecule has 0 saturated heterocycles. The van der Waals surface area contributed by atoms with Gasteiger partial charge in [-0.05, 0) is 18.4 Å². The van der Waals surface area contributed by atoms with Gasteiger partial charge in [0.15, 0.2) is 0 Å². The largest absolute Gasteiger partial charge is 0.244 e. The maximum absolute atomic E-state index is 4.43. The summed E-state index contributed by atoms with van der Waals surface area (Å²) < 4.78 is 0. The van der Waals surface area contributed by atoms with Gasteiger partial charge in [0.2, 0.25) is 0 Å². The highest BCUT2D eigenvalue weighted by Crippen LogP contribution is 2.25. The van der Waals surface area contributed by atoms with Gasteiger partial charge in [0.05, 0.1) is 0 Å². The maximum atomic E-state index is 4.43. The van der Waals surface area contributed by atoms with E-state index in [4.69, 9.17) is 0 Å². The highest BCUT2D eigenvalue weighted by atomic mass is 32.1. The van der Waals surface area contributed by atoms with Gasteiger partial charge in [0.25, 0.3) is 0 Å². The molecule has 1 aromatic heterocycles. The fourth-order valence-corrected chi connectivity index (χ4v) is 2.34. The van der Waals surface area contributed by atoms with E-state index in [1.807, 2.05) is 6.20 Å². The van der Waals surface area contributed by atoms with Crippen molar-refractivity contribution in [2.24, 2.45) is 0 Å². The zero-order chi connectivity index (χ0) is 10.7. The number of hydrogen-bond donors (Lipinski definition) is 0. The number of aromatic nitrogens is 1. The Morgan fingerprint density at radius 2 is 1.80 bits per heavy atom. The second-order valence-corrected chi connectivity index (χ2v) is 4.65. The molecule has 1 aromatic carbocycles. The molecular formula is C13H15NS. The maximum Gasteiger partial charge on any atom is 0.123 e. The first-order chi connectivity index (χ1) is 7.33. The normalized spacial score (nSPS) is 10.5.